The second kappa shape index (κ2) is 16.4. The number of aliphatic hydroxyl groups is 2. The van der Waals surface area contributed by atoms with Crippen LogP contribution in [0.15, 0.2) is 29.8 Å². The molecule has 6 heteroatoms. The number of amides is 1. The van der Waals surface area contributed by atoms with E-state index in [1.165, 1.54) is 18.4 Å². The topological polar surface area (TPSA) is 87.1 Å². The fourth-order valence-electron chi connectivity index (χ4n) is 10.1. The third-order valence-corrected chi connectivity index (χ3v) is 13.3. The van der Waals surface area contributed by atoms with Gasteiger partial charge in [0.2, 0.25) is 0 Å². The summed E-state index contributed by atoms with van der Waals surface area (Å²) in [5.74, 6) is 1.59. The van der Waals surface area contributed by atoms with Crippen molar-refractivity contribution in [2.24, 2.45) is 29.1 Å². The molecule has 7 unspecified atom stereocenters. The number of nitrogens with zero attached hydrogens (tertiary/aromatic N) is 1. The molecule has 274 valence electrons. The van der Waals surface area contributed by atoms with Crippen LogP contribution >= 0.6 is 0 Å². The van der Waals surface area contributed by atoms with Crippen molar-refractivity contribution < 1.29 is 24.5 Å². The van der Waals surface area contributed by atoms with Crippen molar-refractivity contribution in [2.45, 2.75) is 168 Å². The Balaban J connectivity index is 1.49. The van der Waals surface area contributed by atoms with Crippen LogP contribution in [0.25, 0.3) is 0 Å². The lowest BCUT2D eigenvalue weighted by Crippen LogP contribution is -2.54. The first-order valence-corrected chi connectivity index (χ1v) is 20.0. The van der Waals surface area contributed by atoms with Crippen LogP contribution < -0.4 is 0 Å². The zero-order chi connectivity index (χ0) is 35.3. The van der Waals surface area contributed by atoms with Gasteiger partial charge in [0.05, 0.1) is 18.2 Å². The third kappa shape index (κ3) is 8.66. The highest BCUT2D eigenvalue weighted by Crippen LogP contribution is 2.59. The number of fused-ring (bicyclic) bond motifs is 8. The molecule has 1 amide bonds. The van der Waals surface area contributed by atoms with Crippen molar-refractivity contribution in [1.29, 1.82) is 0 Å². The van der Waals surface area contributed by atoms with Crippen molar-refractivity contribution in [2.75, 3.05) is 13.1 Å². The number of aliphatic hydroxyl groups excluding tert-OH is 1. The second-order valence-electron chi connectivity index (χ2n) is 17.3. The predicted molar refractivity (Wildman–Crippen MR) is 198 cm³/mol. The van der Waals surface area contributed by atoms with Crippen LogP contribution in [0.5, 0.6) is 0 Å². The Labute approximate surface area is 297 Å². The van der Waals surface area contributed by atoms with Crippen molar-refractivity contribution in [3.8, 4) is 0 Å². The zero-order valence-electron chi connectivity index (χ0n) is 31.6. The summed E-state index contributed by atoms with van der Waals surface area (Å²) in [5, 5.41) is 23.9. The molecule has 6 rings (SSSR count). The summed E-state index contributed by atoms with van der Waals surface area (Å²) >= 11 is 0. The van der Waals surface area contributed by atoms with Gasteiger partial charge >= 0.3 is 6.09 Å². The average Bonchev–Trinajstić information content (AvgIpc) is 3.32. The van der Waals surface area contributed by atoms with E-state index in [4.69, 9.17) is 4.74 Å². The van der Waals surface area contributed by atoms with Crippen LogP contribution in [0.4, 0.5) is 4.79 Å². The van der Waals surface area contributed by atoms with Gasteiger partial charge in [-0.1, -0.05) is 84.1 Å². The summed E-state index contributed by atoms with van der Waals surface area (Å²) in [6, 6.07) is 6.34. The van der Waals surface area contributed by atoms with E-state index in [0.29, 0.717) is 43.6 Å². The molecule has 0 aliphatic heterocycles. The number of carbonyl (C=O) groups excluding carboxylic acids is 2. The van der Waals surface area contributed by atoms with Crippen LogP contribution in [0.2, 0.25) is 0 Å². The molecular weight excluding hydrogens is 610 g/mol. The minimum Gasteiger partial charge on any atom is -0.446 e. The van der Waals surface area contributed by atoms with Gasteiger partial charge in [0.1, 0.15) is 6.10 Å². The summed E-state index contributed by atoms with van der Waals surface area (Å²) in [6.07, 6.45) is 15.6. The number of ketones is 1. The van der Waals surface area contributed by atoms with E-state index in [2.05, 4.69) is 65.8 Å². The smallest absolute Gasteiger partial charge is 0.410 e. The Kier molecular flexibility index (Phi) is 12.8. The van der Waals surface area contributed by atoms with Gasteiger partial charge in [-0.05, 0) is 125 Å². The molecule has 2 bridgehead atoms. The number of hydrogen-bond donors (Lipinski definition) is 2. The van der Waals surface area contributed by atoms with Crippen LogP contribution in [-0.2, 0) is 11.2 Å². The molecule has 0 saturated heterocycles. The molecule has 5 aliphatic carbocycles. The van der Waals surface area contributed by atoms with Gasteiger partial charge in [-0.15, -0.1) is 0 Å². The minimum atomic E-state index is -1.14. The normalized spacial score (nSPS) is 33.1. The number of rotatable bonds is 8. The molecular formula is C43H67NO5. The van der Waals surface area contributed by atoms with E-state index in [0.717, 1.165) is 87.3 Å². The van der Waals surface area contributed by atoms with Gasteiger partial charge in [-0.25, -0.2) is 4.79 Å². The maximum atomic E-state index is 14.4. The zero-order valence-corrected chi connectivity index (χ0v) is 31.6. The second-order valence-corrected chi connectivity index (χ2v) is 17.3. The number of hydrogen-bond acceptors (Lipinski definition) is 5. The van der Waals surface area contributed by atoms with Crippen LogP contribution in [0.1, 0.15) is 165 Å². The standard InChI is InChI=1S/C43H67NO5/c1-7-24-44(41(47)49-39-25-31(5)16-19-35(39)29(2)3)28-43(48)23-21-38-36-20-17-32(27-37(36)40(46)33-13-9-8-10-14-33)26-34(45)18-15-30(4)12-11-22-42(38,43)6/h12,17,20,27,29,31,33-35,38-39,45,48H,7-11,13-16,18-19,21-26,28H2,1-6H3. The number of benzene rings is 1. The molecule has 7 atom stereocenters. The molecule has 1 aromatic rings. The van der Waals surface area contributed by atoms with Crippen LogP contribution in [0.3, 0.4) is 0 Å². The van der Waals surface area contributed by atoms with Gasteiger partial charge in [-0.3, -0.25) is 4.79 Å². The highest BCUT2D eigenvalue weighted by molar-refractivity contribution is 5.99. The van der Waals surface area contributed by atoms with E-state index in [1.807, 2.05) is 0 Å². The van der Waals surface area contributed by atoms with E-state index in [9.17, 15) is 19.8 Å². The quantitative estimate of drug-likeness (QED) is 0.211. The lowest BCUT2D eigenvalue weighted by molar-refractivity contribution is -0.0863. The highest BCUT2D eigenvalue weighted by Gasteiger charge is 2.58. The first kappa shape index (κ1) is 38.1. The molecule has 5 aliphatic rings. The van der Waals surface area contributed by atoms with Crippen LogP contribution in [-0.4, -0.2) is 57.9 Å². The lowest BCUT2D eigenvalue weighted by atomic mass is 9.64. The fraction of sp³-hybridized carbons (Fsp3) is 0.767. The molecule has 0 radical (unpaired) electrons. The Bertz CT molecular complexity index is 1320. The maximum Gasteiger partial charge on any atom is 0.410 e. The average molecular weight is 678 g/mol. The predicted octanol–water partition coefficient (Wildman–Crippen LogP) is 9.80. The largest absolute Gasteiger partial charge is 0.446 e. The number of ether oxygens (including phenoxy) is 1. The Morgan fingerprint density at radius 1 is 1.04 bits per heavy atom. The van der Waals surface area contributed by atoms with Gasteiger partial charge in [0, 0.05) is 23.4 Å². The maximum absolute atomic E-state index is 14.4. The highest BCUT2D eigenvalue weighted by atomic mass is 16.6. The first-order chi connectivity index (χ1) is 23.3. The third-order valence-electron chi connectivity index (χ3n) is 13.3. The molecule has 0 heterocycles. The molecule has 0 spiro atoms. The van der Waals surface area contributed by atoms with E-state index in [1.54, 1.807) is 4.90 Å². The minimum absolute atomic E-state index is 0.0281. The summed E-state index contributed by atoms with van der Waals surface area (Å²) in [5.41, 5.74) is 2.42. The Hall–Kier alpha value is -2.18. The summed E-state index contributed by atoms with van der Waals surface area (Å²) in [4.78, 5) is 30.2. The monoisotopic (exact) mass is 678 g/mol. The van der Waals surface area contributed by atoms with Crippen molar-refractivity contribution in [1.82, 2.24) is 4.90 Å². The summed E-state index contributed by atoms with van der Waals surface area (Å²) in [7, 11) is 0. The van der Waals surface area contributed by atoms with E-state index >= 15 is 0 Å². The van der Waals surface area contributed by atoms with Gasteiger partial charge in [-0.2, -0.15) is 0 Å². The molecule has 0 aromatic heterocycles. The first-order valence-electron chi connectivity index (χ1n) is 20.0. The SMILES string of the molecule is CCCN(CC1(O)CCC2c3ccc(cc3C(=O)C3CCCCC3)CC(O)CCC(C)=CCCC21C)C(=O)OC1CC(C)CCC1C(C)C. The van der Waals surface area contributed by atoms with Crippen molar-refractivity contribution in [3.05, 3.63) is 46.5 Å². The Morgan fingerprint density at radius 3 is 2.51 bits per heavy atom. The summed E-state index contributed by atoms with van der Waals surface area (Å²) < 4.78 is 6.37. The van der Waals surface area contributed by atoms with Crippen molar-refractivity contribution in [3.63, 3.8) is 0 Å². The van der Waals surface area contributed by atoms with Gasteiger partial charge in [0.15, 0.2) is 5.78 Å². The summed E-state index contributed by atoms with van der Waals surface area (Å²) in [6.45, 7) is 14.0. The van der Waals surface area contributed by atoms with E-state index < -0.39 is 17.1 Å². The Morgan fingerprint density at radius 2 is 1.80 bits per heavy atom. The van der Waals surface area contributed by atoms with Gasteiger partial charge in [0.25, 0.3) is 0 Å². The molecule has 6 nitrogen and oxygen atoms in total. The van der Waals surface area contributed by atoms with E-state index in [-0.39, 0.29) is 36.4 Å². The fourth-order valence-corrected chi connectivity index (χ4v) is 10.1. The molecule has 2 N–H and O–H groups in total. The molecule has 49 heavy (non-hydrogen) atoms. The molecule has 3 fully saturated rings. The number of carbonyl (C=O) groups is 2. The van der Waals surface area contributed by atoms with Crippen LogP contribution in [0, 0.1) is 29.1 Å². The number of allylic oxidation sites excluding steroid dienone is 2. The lowest BCUT2D eigenvalue weighted by Gasteiger charge is -2.46. The van der Waals surface area contributed by atoms with Crippen molar-refractivity contribution >= 4 is 11.9 Å². The molecule has 1 aromatic carbocycles. The van der Waals surface area contributed by atoms with Gasteiger partial charge < -0.3 is 19.8 Å². The number of Topliss-reactive ketones (excluding diaryl/α,β-unsaturated/α-hetero) is 1. The molecule has 3 saturated carbocycles.